The first-order chi connectivity index (χ1) is 12.1. The molecule has 0 aliphatic carbocycles. The number of hydrogen-bond donors (Lipinski definition) is 1. The molecule has 2 aromatic rings. The van der Waals surface area contributed by atoms with Gasteiger partial charge in [-0.15, -0.1) is 0 Å². The van der Waals surface area contributed by atoms with Crippen LogP contribution < -0.4 is 10.2 Å². The number of nitriles is 1. The van der Waals surface area contributed by atoms with Crippen LogP contribution in [0, 0.1) is 11.3 Å². The molecule has 1 saturated heterocycles. The van der Waals surface area contributed by atoms with Gasteiger partial charge in [-0.25, -0.2) is 4.98 Å². The van der Waals surface area contributed by atoms with E-state index >= 15 is 0 Å². The Morgan fingerprint density at radius 2 is 2.08 bits per heavy atom. The Morgan fingerprint density at radius 3 is 2.80 bits per heavy atom. The molecule has 1 atom stereocenters. The van der Waals surface area contributed by atoms with Gasteiger partial charge in [0, 0.05) is 39.4 Å². The molecule has 1 aromatic heterocycles. The van der Waals surface area contributed by atoms with Crippen LogP contribution in [0.25, 0.3) is 0 Å². The molecule has 2 heterocycles. The first-order valence-corrected chi connectivity index (χ1v) is 8.62. The number of nitrogens with one attached hydrogen (secondary N) is 1. The van der Waals surface area contributed by atoms with Gasteiger partial charge in [-0.05, 0) is 43.1 Å². The van der Waals surface area contributed by atoms with Crippen molar-refractivity contribution in [3.63, 3.8) is 0 Å². The van der Waals surface area contributed by atoms with Crippen LogP contribution in [-0.2, 0) is 6.54 Å². The Labute approximate surface area is 149 Å². The molecule has 0 spiro atoms. The fourth-order valence-corrected chi connectivity index (χ4v) is 3.11. The van der Waals surface area contributed by atoms with Crippen molar-refractivity contribution in [3.05, 3.63) is 47.7 Å². The van der Waals surface area contributed by atoms with Crippen molar-refractivity contribution in [3.8, 4) is 6.07 Å². The third-order valence-corrected chi connectivity index (χ3v) is 4.39. The topological polar surface area (TPSA) is 68.1 Å². The van der Waals surface area contributed by atoms with Gasteiger partial charge in [0.2, 0.25) is 5.95 Å². The van der Waals surface area contributed by atoms with Crippen molar-refractivity contribution in [2.45, 2.75) is 25.4 Å². The van der Waals surface area contributed by atoms with Crippen molar-refractivity contribution in [2.24, 2.45) is 0 Å². The third-order valence-electron chi connectivity index (χ3n) is 4.39. The minimum atomic E-state index is 0.386. The van der Waals surface area contributed by atoms with Gasteiger partial charge in [0.25, 0.3) is 0 Å². The van der Waals surface area contributed by atoms with E-state index in [4.69, 9.17) is 5.26 Å². The van der Waals surface area contributed by atoms with Crippen LogP contribution in [0.5, 0.6) is 0 Å². The second-order valence-electron chi connectivity index (χ2n) is 6.66. The van der Waals surface area contributed by atoms with E-state index in [1.807, 2.05) is 49.3 Å². The molecule has 25 heavy (non-hydrogen) atoms. The summed E-state index contributed by atoms with van der Waals surface area (Å²) in [6.45, 7) is 3.00. The highest BCUT2D eigenvalue weighted by Gasteiger charge is 2.20. The molecule has 1 aromatic carbocycles. The molecular weight excluding hydrogens is 312 g/mol. The zero-order valence-electron chi connectivity index (χ0n) is 14.8. The lowest BCUT2D eigenvalue weighted by Gasteiger charge is -2.33. The number of likely N-dealkylation sites (tertiary alicyclic amines) is 1. The first kappa shape index (κ1) is 17.2. The van der Waals surface area contributed by atoms with Gasteiger partial charge in [0.1, 0.15) is 5.82 Å². The quantitative estimate of drug-likeness (QED) is 0.905. The van der Waals surface area contributed by atoms with Gasteiger partial charge in [-0.2, -0.15) is 10.2 Å². The molecule has 6 heteroatoms. The van der Waals surface area contributed by atoms with E-state index in [1.165, 1.54) is 12.0 Å². The second kappa shape index (κ2) is 7.95. The van der Waals surface area contributed by atoms with Crippen LogP contribution in [0.15, 0.2) is 36.5 Å². The molecule has 6 nitrogen and oxygen atoms in total. The van der Waals surface area contributed by atoms with Gasteiger partial charge in [0.15, 0.2) is 0 Å². The maximum absolute atomic E-state index is 8.90. The van der Waals surface area contributed by atoms with E-state index in [1.54, 1.807) is 6.20 Å². The predicted molar refractivity (Wildman–Crippen MR) is 99.4 cm³/mol. The van der Waals surface area contributed by atoms with E-state index < -0.39 is 0 Å². The number of anilines is 2. The Balaban J connectivity index is 1.59. The zero-order chi connectivity index (χ0) is 17.6. The maximum Gasteiger partial charge on any atom is 0.226 e. The summed E-state index contributed by atoms with van der Waals surface area (Å²) in [6.07, 6.45) is 4.10. The van der Waals surface area contributed by atoms with Gasteiger partial charge in [-0.1, -0.05) is 12.1 Å². The lowest BCUT2D eigenvalue weighted by atomic mass is 10.0. The van der Waals surface area contributed by atoms with Gasteiger partial charge in [0.05, 0.1) is 11.6 Å². The summed E-state index contributed by atoms with van der Waals surface area (Å²) in [5.41, 5.74) is 1.96. The maximum atomic E-state index is 8.90. The van der Waals surface area contributed by atoms with Crippen molar-refractivity contribution >= 4 is 11.8 Å². The Bertz CT molecular complexity index is 734. The van der Waals surface area contributed by atoms with Crippen LogP contribution in [0.1, 0.15) is 24.0 Å². The molecule has 1 fully saturated rings. The van der Waals surface area contributed by atoms with Crippen LogP contribution in [0.3, 0.4) is 0 Å². The fourth-order valence-electron chi connectivity index (χ4n) is 3.11. The lowest BCUT2D eigenvalue weighted by molar-refractivity contribution is 0.208. The average Bonchev–Trinajstić information content (AvgIpc) is 2.63. The highest BCUT2D eigenvalue weighted by molar-refractivity contribution is 5.41. The van der Waals surface area contributed by atoms with E-state index in [0.717, 1.165) is 37.8 Å². The van der Waals surface area contributed by atoms with Crippen molar-refractivity contribution in [2.75, 3.05) is 37.4 Å². The van der Waals surface area contributed by atoms with Crippen molar-refractivity contribution in [1.29, 1.82) is 5.26 Å². The molecular formula is C19H24N6. The van der Waals surface area contributed by atoms with Crippen molar-refractivity contribution < 1.29 is 0 Å². The van der Waals surface area contributed by atoms with Gasteiger partial charge >= 0.3 is 0 Å². The Morgan fingerprint density at radius 1 is 1.28 bits per heavy atom. The van der Waals surface area contributed by atoms with E-state index in [0.29, 0.717) is 11.6 Å². The minimum absolute atomic E-state index is 0.386. The minimum Gasteiger partial charge on any atom is -0.366 e. The summed E-state index contributed by atoms with van der Waals surface area (Å²) >= 11 is 0. The number of benzene rings is 1. The summed E-state index contributed by atoms with van der Waals surface area (Å²) in [4.78, 5) is 13.2. The number of nitrogens with zero attached hydrogens (tertiary/aromatic N) is 5. The Kier molecular flexibility index (Phi) is 5.46. The van der Waals surface area contributed by atoms with Crippen LogP contribution in [-0.4, -0.2) is 48.1 Å². The molecule has 130 valence electrons. The standard InChI is InChI=1S/C19H24N6/c1-24(2)19-21-10-9-18(23-19)22-17-4-3-11-25(14-17)13-16-7-5-15(12-20)6-8-16/h5-10,17H,3-4,11,13-14H2,1-2H3,(H,21,22,23). The highest BCUT2D eigenvalue weighted by atomic mass is 15.2. The number of rotatable bonds is 5. The first-order valence-electron chi connectivity index (χ1n) is 8.62. The molecule has 3 rings (SSSR count). The SMILES string of the molecule is CN(C)c1nccc(NC2CCCN(Cc3ccc(C#N)cc3)C2)n1. The molecule has 0 saturated carbocycles. The summed E-state index contributed by atoms with van der Waals surface area (Å²) in [5, 5.41) is 12.4. The largest absolute Gasteiger partial charge is 0.366 e. The molecule has 1 N–H and O–H groups in total. The smallest absolute Gasteiger partial charge is 0.226 e. The Hall–Kier alpha value is -2.65. The molecule has 0 radical (unpaired) electrons. The monoisotopic (exact) mass is 336 g/mol. The molecule has 1 unspecified atom stereocenters. The zero-order valence-corrected chi connectivity index (χ0v) is 14.8. The van der Waals surface area contributed by atoms with Crippen LogP contribution >= 0.6 is 0 Å². The normalized spacial score (nSPS) is 17.7. The molecule has 1 aliphatic rings. The summed E-state index contributed by atoms with van der Waals surface area (Å²) in [7, 11) is 3.89. The van der Waals surface area contributed by atoms with Gasteiger partial charge in [-0.3, -0.25) is 4.90 Å². The number of piperidine rings is 1. The number of hydrogen-bond acceptors (Lipinski definition) is 6. The molecule has 0 amide bonds. The molecule has 0 bridgehead atoms. The van der Waals surface area contributed by atoms with E-state index in [-0.39, 0.29) is 0 Å². The summed E-state index contributed by atoms with van der Waals surface area (Å²) in [5.74, 6) is 1.60. The molecule has 1 aliphatic heterocycles. The van der Waals surface area contributed by atoms with Crippen LogP contribution in [0.2, 0.25) is 0 Å². The summed E-state index contributed by atoms with van der Waals surface area (Å²) < 4.78 is 0. The van der Waals surface area contributed by atoms with Gasteiger partial charge < -0.3 is 10.2 Å². The summed E-state index contributed by atoms with van der Waals surface area (Å²) in [6, 6.07) is 12.3. The lowest BCUT2D eigenvalue weighted by Crippen LogP contribution is -2.41. The second-order valence-corrected chi connectivity index (χ2v) is 6.66. The highest BCUT2D eigenvalue weighted by Crippen LogP contribution is 2.18. The fraction of sp³-hybridized carbons (Fsp3) is 0.421. The van der Waals surface area contributed by atoms with E-state index in [2.05, 4.69) is 26.3 Å². The van der Waals surface area contributed by atoms with Crippen molar-refractivity contribution in [1.82, 2.24) is 14.9 Å². The third kappa shape index (κ3) is 4.68. The average molecular weight is 336 g/mol. The van der Waals surface area contributed by atoms with E-state index in [9.17, 15) is 0 Å². The number of aromatic nitrogens is 2. The predicted octanol–water partition coefficient (Wildman–Crippen LogP) is 2.49. The van der Waals surface area contributed by atoms with Crippen LogP contribution in [0.4, 0.5) is 11.8 Å².